The Morgan fingerprint density at radius 1 is 1.25 bits per heavy atom. The molecule has 2 aromatic rings. The molecule has 1 aliphatic heterocycles. The van der Waals surface area contributed by atoms with Crippen LogP contribution < -0.4 is 4.72 Å². The molecule has 1 N–H and O–H groups in total. The van der Waals surface area contributed by atoms with E-state index in [-0.39, 0.29) is 28.1 Å². The van der Waals surface area contributed by atoms with Crippen molar-refractivity contribution in [3.63, 3.8) is 0 Å². The van der Waals surface area contributed by atoms with Gasteiger partial charge in [0.25, 0.3) is 0 Å². The molecule has 3 rings (SSSR count). The fourth-order valence-electron chi connectivity index (χ4n) is 3.26. The summed E-state index contributed by atoms with van der Waals surface area (Å²) in [7, 11) is -3.90. The molecule has 0 aliphatic carbocycles. The molecule has 0 saturated carbocycles. The molecule has 0 bridgehead atoms. The van der Waals surface area contributed by atoms with E-state index in [2.05, 4.69) is 4.72 Å². The van der Waals surface area contributed by atoms with Crippen molar-refractivity contribution in [2.24, 2.45) is 0 Å². The summed E-state index contributed by atoms with van der Waals surface area (Å²) in [6.45, 7) is 3.28. The summed E-state index contributed by atoms with van der Waals surface area (Å²) < 4.78 is 60.9. The first-order valence-electron chi connectivity index (χ1n) is 8.83. The van der Waals surface area contributed by atoms with Crippen molar-refractivity contribution in [2.45, 2.75) is 24.0 Å². The predicted octanol–water partition coefficient (Wildman–Crippen LogP) is 3.36. The highest BCUT2D eigenvalue weighted by Gasteiger charge is 2.30. The van der Waals surface area contributed by atoms with Crippen molar-refractivity contribution in [2.75, 3.05) is 26.2 Å². The van der Waals surface area contributed by atoms with E-state index in [0.29, 0.717) is 19.7 Å². The number of nitrogens with one attached hydrogen (secondary N) is 1. The van der Waals surface area contributed by atoms with Gasteiger partial charge in [0.2, 0.25) is 10.0 Å². The van der Waals surface area contributed by atoms with Gasteiger partial charge in [-0.3, -0.25) is 4.90 Å². The topological polar surface area (TPSA) is 58.6 Å². The third-order valence-corrected chi connectivity index (χ3v) is 6.41. The van der Waals surface area contributed by atoms with Crippen LogP contribution in [-0.2, 0) is 14.8 Å². The van der Waals surface area contributed by atoms with E-state index in [1.165, 1.54) is 24.3 Å². The quantitative estimate of drug-likeness (QED) is 0.763. The van der Waals surface area contributed by atoms with Crippen molar-refractivity contribution in [1.29, 1.82) is 0 Å². The Bertz CT molecular complexity index is 905. The van der Waals surface area contributed by atoms with Gasteiger partial charge in [-0.1, -0.05) is 17.7 Å². The number of morpholine rings is 1. The van der Waals surface area contributed by atoms with Crippen molar-refractivity contribution in [3.8, 4) is 0 Å². The molecular weight excluding hydrogens is 410 g/mol. The Kier molecular flexibility index (Phi) is 6.67. The van der Waals surface area contributed by atoms with Gasteiger partial charge in [0.05, 0.1) is 23.6 Å². The molecule has 0 unspecified atom stereocenters. The molecule has 28 heavy (non-hydrogen) atoms. The van der Waals surface area contributed by atoms with E-state index in [4.69, 9.17) is 16.3 Å². The van der Waals surface area contributed by atoms with E-state index >= 15 is 0 Å². The molecule has 0 radical (unpaired) electrons. The van der Waals surface area contributed by atoms with E-state index in [1.807, 2.05) is 11.8 Å². The number of nitrogens with zero attached hydrogens (tertiary/aromatic N) is 1. The lowest BCUT2D eigenvalue weighted by atomic mass is 10.0. The first-order chi connectivity index (χ1) is 13.3. The fourth-order valence-corrected chi connectivity index (χ4v) is 4.58. The second-order valence-electron chi connectivity index (χ2n) is 6.63. The summed E-state index contributed by atoms with van der Waals surface area (Å²) >= 11 is 6.25. The smallest absolute Gasteiger partial charge is 0.240 e. The average molecular weight is 431 g/mol. The third-order valence-electron chi connectivity index (χ3n) is 4.64. The van der Waals surface area contributed by atoms with Gasteiger partial charge in [0.1, 0.15) is 11.6 Å². The highest BCUT2D eigenvalue weighted by Crippen LogP contribution is 2.31. The molecule has 1 aliphatic rings. The van der Waals surface area contributed by atoms with Crippen LogP contribution in [0.1, 0.15) is 18.5 Å². The zero-order valence-corrected chi connectivity index (χ0v) is 16.8. The largest absolute Gasteiger partial charge is 0.376 e. The highest BCUT2D eigenvalue weighted by atomic mass is 35.5. The highest BCUT2D eigenvalue weighted by molar-refractivity contribution is 7.89. The van der Waals surface area contributed by atoms with E-state index in [1.54, 1.807) is 6.07 Å². The van der Waals surface area contributed by atoms with Crippen LogP contribution >= 0.6 is 11.6 Å². The number of sulfonamides is 1. The summed E-state index contributed by atoms with van der Waals surface area (Å²) in [4.78, 5) is 1.88. The van der Waals surface area contributed by atoms with Gasteiger partial charge in [-0.25, -0.2) is 21.9 Å². The summed E-state index contributed by atoms with van der Waals surface area (Å²) in [5, 5.41) is 0.227. The molecule has 152 valence electrons. The van der Waals surface area contributed by atoms with Crippen LogP contribution in [0.25, 0.3) is 0 Å². The summed E-state index contributed by atoms with van der Waals surface area (Å²) in [6.07, 6.45) is -0.0736. The first-order valence-corrected chi connectivity index (χ1v) is 10.7. The number of rotatable bonds is 6. The molecule has 2 atom stereocenters. The van der Waals surface area contributed by atoms with Crippen LogP contribution in [-0.4, -0.2) is 45.7 Å². The maximum atomic E-state index is 14.6. The van der Waals surface area contributed by atoms with Gasteiger partial charge >= 0.3 is 0 Å². The van der Waals surface area contributed by atoms with Crippen LogP contribution in [0.15, 0.2) is 47.4 Å². The van der Waals surface area contributed by atoms with Gasteiger partial charge < -0.3 is 4.74 Å². The predicted molar refractivity (Wildman–Crippen MR) is 103 cm³/mol. The summed E-state index contributed by atoms with van der Waals surface area (Å²) in [5.74, 6) is -1.03. The van der Waals surface area contributed by atoms with Crippen LogP contribution in [0.4, 0.5) is 8.78 Å². The Labute approximate surface area is 168 Å². The maximum Gasteiger partial charge on any atom is 0.240 e. The Morgan fingerprint density at radius 2 is 1.96 bits per heavy atom. The van der Waals surface area contributed by atoms with Crippen LogP contribution in [0, 0.1) is 11.6 Å². The van der Waals surface area contributed by atoms with Gasteiger partial charge in [-0.15, -0.1) is 0 Å². The second kappa shape index (κ2) is 8.84. The molecule has 0 spiro atoms. The normalized spacial score (nSPS) is 19.5. The van der Waals surface area contributed by atoms with Gasteiger partial charge in [-0.05, 0) is 43.3 Å². The SMILES string of the molecule is C[C@@H]1CN([C@@H](CNS(=O)(=O)c2ccc(F)cc2)c2c(F)cccc2Cl)CCO1. The van der Waals surface area contributed by atoms with E-state index in [9.17, 15) is 17.2 Å². The van der Waals surface area contributed by atoms with Crippen LogP contribution in [0.3, 0.4) is 0 Å². The monoisotopic (exact) mass is 430 g/mol. The molecular formula is C19H21ClF2N2O3S. The van der Waals surface area contributed by atoms with Crippen molar-refractivity contribution >= 4 is 21.6 Å². The molecule has 1 heterocycles. The lowest BCUT2D eigenvalue weighted by Gasteiger charge is -2.38. The fraction of sp³-hybridized carbons (Fsp3) is 0.368. The Morgan fingerprint density at radius 3 is 2.61 bits per heavy atom. The number of hydrogen-bond acceptors (Lipinski definition) is 4. The minimum atomic E-state index is -3.90. The first kappa shape index (κ1) is 21.1. The van der Waals surface area contributed by atoms with Crippen LogP contribution in [0.5, 0.6) is 0 Å². The summed E-state index contributed by atoms with van der Waals surface area (Å²) in [6, 6.07) is 8.27. The second-order valence-corrected chi connectivity index (χ2v) is 8.81. The zero-order chi connectivity index (χ0) is 20.3. The Balaban J connectivity index is 1.88. The molecule has 0 aromatic heterocycles. The minimum absolute atomic E-state index is 0.0670. The van der Waals surface area contributed by atoms with Crippen LogP contribution in [0.2, 0.25) is 5.02 Å². The molecule has 9 heteroatoms. The van der Waals surface area contributed by atoms with E-state index < -0.39 is 27.7 Å². The zero-order valence-electron chi connectivity index (χ0n) is 15.2. The molecule has 2 aromatic carbocycles. The molecule has 1 fully saturated rings. The number of hydrogen-bond donors (Lipinski definition) is 1. The lowest BCUT2D eigenvalue weighted by molar-refractivity contribution is -0.0342. The average Bonchev–Trinajstić information content (AvgIpc) is 2.64. The van der Waals surface area contributed by atoms with Crippen molar-refractivity contribution in [3.05, 3.63) is 64.7 Å². The van der Waals surface area contributed by atoms with Crippen molar-refractivity contribution in [1.82, 2.24) is 9.62 Å². The van der Waals surface area contributed by atoms with Gasteiger partial charge in [0.15, 0.2) is 0 Å². The maximum absolute atomic E-state index is 14.6. The Hall–Kier alpha value is -1.58. The summed E-state index contributed by atoms with van der Waals surface area (Å²) in [5.41, 5.74) is 0.236. The number of halogens is 3. The van der Waals surface area contributed by atoms with Crippen molar-refractivity contribution < 1.29 is 21.9 Å². The third kappa shape index (κ3) is 4.87. The standard InChI is InChI=1S/C19H21ClF2N2O3S/c1-13-12-24(9-10-27-13)18(19-16(20)3-2-4-17(19)22)11-23-28(25,26)15-7-5-14(21)6-8-15/h2-8,13,18,23H,9-12H2,1H3/t13-,18+/m1/s1. The number of ether oxygens (including phenoxy) is 1. The molecule has 5 nitrogen and oxygen atoms in total. The molecule has 0 amide bonds. The van der Waals surface area contributed by atoms with Gasteiger partial charge in [-0.2, -0.15) is 0 Å². The lowest BCUT2D eigenvalue weighted by Crippen LogP contribution is -2.46. The minimum Gasteiger partial charge on any atom is -0.376 e. The molecule has 1 saturated heterocycles. The van der Waals surface area contributed by atoms with Gasteiger partial charge in [0, 0.05) is 30.2 Å². The number of benzene rings is 2. The van der Waals surface area contributed by atoms with E-state index in [0.717, 1.165) is 12.1 Å².